The van der Waals surface area contributed by atoms with Crippen LogP contribution in [0.5, 0.6) is 0 Å². The highest BCUT2D eigenvalue weighted by atomic mass is 16.6. The first-order valence-electron chi connectivity index (χ1n) is 8.96. The molecule has 2 atom stereocenters. The lowest BCUT2D eigenvalue weighted by Crippen LogP contribution is -2.60. The second-order valence-electron chi connectivity index (χ2n) is 7.91. The van der Waals surface area contributed by atoms with Gasteiger partial charge in [-0.15, -0.1) is 0 Å². The van der Waals surface area contributed by atoms with Crippen molar-refractivity contribution in [2.24, 2.45) is 0 Å². The third-order valence-corrected chi connectivity index (χ3v) is 4.87. The van der Waals surface area contributed by atoms with Gasteiger partial charge < -0.3 is 14.4 Å². The number of piperazine rings is 1. The van der Waals surface area contributed by atoms with E-state index in [2.05, 4.69) is 16.0 Å². The highest BCUT2D eigenvalue weighted by Crippen LogP contribution is 2.29. The second kappa shape index (κ2) is 7.22. The number of aromatic nitrogens is 1. The maximum Gasteiger partial charge on any atom is 0.410 e. The van der Waals surface area contributed by atoms with E-state index in [1.807, 2.05) is 27.7 Å². The molecule has 0 saturated carbocycles. The van der Waals surface area contributed by atoms with Crippen LogP contribution in [0.3, 0.4) is 0 Å². The van der Waals surface area contributed by atoms with Crippen molar-refractivity contribution in [2.75, 3.05) is 32.8 Å². The number of carbonyl (C=O) groups excluding carboxylic acids is 1. The van der Waals surface area contributed by atoms with Crippen molar-refractivity contribution in [3.05, 3.63) is 29.1 Å². The molecule has 3 rings (SSSR count). The van der Waals surface area contributed by atoms with E-state index in [9.17, 15) is 10.1 Å². The number of carbonyl (C=O) groups is 1. The van der Waals surface area contributed by atoms with Gasteiger partial charge in [0.2, 0.25) is 0 Å². The summed E-state index contributed by atoms with van der Waals surface area (Å²) in [7, 11) is 0. The number of morpholine rings is 1. The number of hydrogen-bond acceptors (Lipinski definition) is 6. The van der Waals surface area contributed by atoms with Gasteiger partial charge in [0.1, 0.15) is 11.7 Å². The highest BCUT2D eigenvalue weighted by Gasteiger charge is 2.37. The molecule has 2 aliphatic rings. The third-order valence-electron chi connectivity index (χ3n) is 4.87. The van der Waals surface area contributed by atoms with Crippen molar-refractivity contribution in [1.82, 2.24) is 14.8 Å². The van der Waals surface area contributed by atoms with Crippen molar-refractivity contribution in [2.45, 2.75) is 45.4 Å². The van der Waals surface area contributed by atoms with Gasteiger partial charge in [-0.05, 0) is 33.3 Å². The Morgan fingerprint density at radius 2 is 2.12 bits per heavy atom. The number of nitrogens with zero attached hydrogens (tertiary/aromatic N) is 4. The maximum absolute atomic E-state index is 12.3. The van der Waals surface area contributed by atoms with Crippen molar-refractivity contribution >= 4 is 6.09 Å². The number of ether oxygens (including phenoxy) is 2. The van der Waals surface area contributed by atoms with Gasteiger partial charge in [0, 0.05) is 44.1 Å². The van der Waals surface area contributed by atoms with E-state index in [1.165, 1.54) is 0 Å². The average Bonchev–Trinajstić information content (AvgIpc) is 2.59. The summed E-state index contributed by atoms with van der Waals surface area (Å²) < 4.78 is 11.6. The zero-order valence-electron chi connectivity index (χ0n) is 15.9. The van der Waals surface area contributed by atoms with Gasteiger partial charge in [-0.1, -0.05) is 0 Å². The minimum atomic E-state index is -0.487. The first-order chi connectivity index (χ1) is 12.3. The second-order valence-corrected chi connectivity index (χ2v) is 7.91. The predicted octanol–water partition coefficient (Wildman–Crippen LogP) is 2.25. The average molecular weight is 358 g/mol. The first-order valence-corrected chi connectivity index (χ1v) is 8.96. The molecule has 2 saturated heterocycles. The Balaban J connectivity index is 1.64. The smallest absolute Gasteiger partial charge is 0.410 e. The molecule has 0 radical (unpaired) electrons. The molecule has 0 N–H and O–H groups in total. The summed E-state index contributed by atoms with van der Waals surface area (Å²) in [6.45, 7) is 10.9. The molecule has 26 heavy (non-hydrogen) atoms. The van der Waals surface area contributed by atoms with Crippen LogP contribution >= 0.6 is 0 Å². The van der Waals surface area contributed by atoms with Crippen molar-refractivity contribution in [3.8, 4) is 6.07 Å². The van der Waals surface area contributed by atoms with Crippen LogP contribution in [0.4, 0.5) is 4.79 Å². The maximum atomic E-state index is 12.3. The monoisotopic (exact) mass is 358 g/mol. The molecule has 0 bridgehead atoms. The van der Waals surface area contributed by atoms with E-state index in [1.54, 1.807) is 17.3 Å². The minimum Gasteiger partial charge on any atom is -0.444 e. The molecule has 1 amide bonds. The molecule has 0 unspecified atom stereocenters. The van der Waals surface area contributed by atoms with E-state index in [-0.39, 0.29) is 18.2 Å². The fourth-order valence-electron chi connectivity index (χ4n) is 3.44. The van der Waals surface area contributed by atoms with Crippen molar-refractivity contribution in [1.29, 1.82) is 5.26 Å². The summed E-state index contributed by atoms with van der Waals surface area (Å²) in [6.07, 6.45) is 3.02. The normalized spacial score (nSPS) is 23.9. The van der Waals surface area contributed by atoms with Gasteiger partial charge >= 0.3 is 6.09 Å². The van der Waals surface area contributed by atoms with Crippen LogP contribution in [0.1, 0.15) is 43.6 Å². The summed E-state index contributed by atoms with van der Waals surface area (Å²) in [4.78, 5) is 20.6. The third kappa shape index (κ3) is 3.97. The Labute approximate surface area is 154 Å². The summed E-state index contributed by atoms with van der Waals surface area (Å²) in [5.41, 5.74) is 2.00. The Hall–Kier alpha value is -2.17. The van der Waals surface area contributed by atoms with Crippen LogP contribution in [0, 0.1) is 18.3 Å². The lowest BCUT2D eigenvalue weighted by molar-refractivity contribution is -0.0909. The van der Waals surface area contributed by atoms with Crippen LogP contribution in [0.2, 0.25) is 0 Å². The predicted molar refractivity (Wildman–Crippen MR) is 95.6 cm³/mol. The zero-order chi connectivity index (χ0) is 18.9. The number of pyridine rings is 1. The number of hydrogen-bond donors (Lipinski definition) is 0. The molecule has 140 valence electrons. The fourth-order valence-corrected chi connectivity index (χ4v) is 3.44. The van der Waals surface area contributed by atoms with E-state index >= 15 is 0 Å². The molecule has 0 aliphatic carbocycles. The minimum absolute atomic E-state index is 0.0971. The van der Waals surface area contributed by atoms with Gasteiger partial charge in [-0.2, -0.15) is 5.26 Å². The van der Waals surface area contributed by atoms with E-state index in [0.717, 1.165) is 24.2 Å². The number of rotatable bonds is 1. The molecule has 0 aromatic carbocycles. The van der Waals surface area contributed by atoms with E-state index in [0.29, 0.717) is 25.3 Å². The topological polar surface area (TPSA) is 78.7 Å². The fraction of sp³-hybridized carbons (Fsp3) is 0.632. The van der Waals surface area contributed by atoms with Gasteiger partial charge in [0.05, 0.1) is 24.3 Å². The Kier molecular flexibility index (Phi) is 5.17. The highest BCUT2D eigenvalue weighted by molar-refractivity contribution is 5.68. The Bertz CT molecular complexity index is 722. The summed E-state index contributed by atoms with van der Waals surface area (Å²) in [6, 6.07) is 2.34. The van der Waals surface area contributed by atoms with Gasteiger partial charge in [0.25, 0.3) is 0 Å². The zero-order valence-corrected chi connectivity index (χ0v) is 15.9. The lowest BCUT2D eigenvalue weighted by Gasteiger charge is -2.46. The van der Waals surface area contributed by atoms with Crippen LogP contribution in [-0.2, 0) is 9.47 Å². The molecule has 7 nitrogen and oxygen atoms in total. The van der Waals surface area contributed by atoms with E-state index in [4.69, 9.17) is 9.47 Å². The summed E-state index contributed by atoms with van der Waals surface area (Å²) in [5.74, 6) is 0. The summed E-state index contributed by atoms with van der Waals surface area (Å²) in [5, 5.41) is 9.20. The molecule has 2 aliphatic heterocycles. The van der Waals surface area contributed by atoms with Crippen molar-refractivity contribution < 1.29 is 14.3 Å². The van der Waals surface area contributed by atoms with E-state index < -0.39 is 5.60 Å². The quantitative estimate of drug-likeness (QED) is 0.766. The first kappa shape index (κ1) is 18.6. The van der Waals surface area contributed by atoms with Gasteiger partial charge in [-0.3, -0.25) is 9.88 Å². The van der Waals surface area contributed by atoms with Crippen molar-refractivity contribution in [3.63, 3.8) is 0 Å². The van der Waals surface area contributed by atoms with Crippen LogP contribution in [0.25, 0.3) is 0 Å². The standard InChI is InChI=1S/C19H26N4O3/c1-13-14(7-20)8-21-9-16(13)17-11-22-5-6-23(10-15(22)12-25-17)18(24)26-19(2,3)4/h8-9,15,17H,5-6,10-12H2,1-4H3/t15-,17-/m0/s1. The van der Waals surface area contributed by atoms with Gasteiger partial charge in [-0.25, -0.2) is 4.79 Å². The Morgan fingerprint density at radius 1 is 1.35 bits per heavy atom. The number of nitriles is 1. The number of fused-ring (bicyclic) bond motifs is 1. The SMILES string of the molecule is Cc1c(C#N)cncc1[C@@H]1CN2CCN(C(=O)OC(C)(C)C)C[C@H]2CO1. The molecular weight excluding hydrogens is 332 g/mol. The molecule has 7 heteroatoms. The Morgan fingerprint density at radius 3 is 2.81 bits per heavy atom. The number of amides is 1. The molecule has 0 spiro atoms. The molecular formula is C19H26N4O3. The van der Waals surface area contributed by atoms with Crippen LogP contribution < -0.4 is 0 Å². The van der Waals surface area contributed by atoms with Gasteiger partial charge in [0.15, 0.2) is 0 Å². The lowest BCUT2D eigenvalue weighted by atomic mass is 9.99. The molecule has 3 heterocycles. The molecule has 2 fully saturated rings. The molecule has 1 aromatic rings. The largest absolute Gasteiger partial charge is 0.444 e. The summed E-state index contributed by atoms with van der Waals surface area (Å²) >= 11 is 0. The van der Waals surface area contributed by atoms with Crippen LogP contribution in [0.15, 0.2) is 12.4 Å². The molecule has 1 aromatic heterocycles. The van der Waals surface area contributed by atoms with Crippen LogP contribution in [-0.4, -0.2) is 65.3 Å².